The largest absolute Gasteiger partial charge is 1.00 e. The molecule has 0 saturated heterocycles. The van der Waals surface area contributed by atoms with E-state index in [0.29, 0.717) is 31.0 Å². The van der Waals surface area contributed by atoms with E-state index >= 15 is 0 Å². The van der Waals surface area contributed by atoms with Gasteiger partial charge in [-0.3, -0.25) is 0 Å². The van der Waals surface area contributed by atoms with Gasteiger partial charge in [-0.15, -0.1) is 0 Å². The summed E-state index contributed by atoms with van der Waals surface area (Å²) in [6.07, 6.45) is 7.19. The van der Waals surface area contributed by atoms with Crippen molar-refractivity contribution in [3.8, 4) is 5.75 Å². The summed E-state index contributed by atoms with van der Waals surface area (Å²) in [4.78, 5) is 24.6. The average Bonchev–Trinajstić information content (AvgIpc) is 3.29. The van der Waals surface area contributed by atoms with Crippen LogP contribution in [-0.4, -0.2) is 30.2 Å². The SMILES string of the molecule is COC(=O)c1cc2cc(OCc3ccccc3)ccc2n1CCCCCCOC(=O)c1ccc[n+](C)c1.[I-]. The number of unbranched alkanes of at least 4 members (excludes halogenated alkanes) is 3. The minimum absolute atomic E-state index is 0. The molecule has 0 aliphatic heterocycles. The third kappa shape index (κ3) is 7.80. The standard InChI is InChI=1S/C30H33N2O5.HI/c1-31-16-10-13-24(21-31)29(33)36-18-9-4-3-8-17-32-27-15-14-26(37-22-23-11-6-5-7-12-23)19-25(27)20-28(32)30(34)35-2;/h5-7,10-16,19-21H,3-4,8-9,17-18,22H2,1-2H3;1H/q+1;/p-1. The van der Waals surface area contributed by atoms with E-state index in [0.717, 1.165) is 47.9 Å². The molecule has 4 aromatic rings. The Morgan fingerprint density at radius 2 is 1.68 bits per heavy atom. The molecule has 0 amide bonds. The third-order valence-electron chi connectivity index (χ3n) is 6.20. The normalized spacial score (nSPS) is 10.6. The molecule has 7 nitrogen and oxygen atoms in total. The number of ether oxygens (including phenoxy) is 3. The van der Waals surface area contributed by atoms with Crippen molar-refractivity contribution >= 4 is 22.8 Å². The van der Waals surface area contributed by atoms with Crippen LogP contribution >= 0.6 is 0 Å². The number of pyridine rings is 1. The Morgan fingerprint density at radius 3 is 2.45 bits per heavy atom. The number of hydrogen-bond donors (Lipinski definition) is 0. The fourth-order valence-electron chi connectivity index (χ4n) is 4.28. The number of nitrogens with zero attached hydrogens (tertiary/aromatic N) is 2. The summed E-state index contributed by atoms with van der Waals surface area (Å²) in [5, 5.41) is 0.937. The molecule has 0 aliphatic carbocycles. The highest BCUT2D eigenvalue weighted by Gasteiger charge is 2.16. The van der Waals surface area contributed by atoms with Crippen molar-refractivity contribution in [1.82, 2.24) is 4.57 Å². The first-order valence-corrected chi connectivity index (χ1v) is 12.6. The number of carbonyl (C=O) groups is 2. The maximum atomic E-state index is 12.5. The predicted molar refractivity (Wildman–Crippen MR) is 140 cm³/mol. The highest BCUT2D eigenvalue weighted by Crippen LogP contribution is 2.26. The van der Waals surface area contributed by atoms with Crippen molar-refractivity contribution in [2.75, 3.05) is 13.7 Å². The van der Waals surface area contributed by atoms with Crippen molar-refractivity contribution in [2.24, 2.45) is 7.05 Å². The maximum absolute atomic E-state index is 12.5. The van der Waals surface area contributed by atoms with Crippen LogP contribution in [0.1, 0.15) is 52.1 Å². The summed E-state index contributed by atoms with van der Waals surface area (Å²) in [5.74, 6) is 0.0951. The Bertz CT molecular complexity index is 1350. The maximum Gasteiger partial charge on any atom is 0.354 e. The average molecular weight is 629 g/mol. The summed E-state index contributed by atoms with van der Waals surface area (Å²) in [6.45, 7) is 1.57. The molecule has 0 saturated carbocycles. The van der Waals surface area contributed by atoms with Crippen LogP contribution in [0.25, 0.3) is 10.9 Å². The molecular formula is C30H33IN2O5. The molecule has 38 heavy (non-hydrogen) atoms. The molecule has 0 atom stereocenters. The summed E-state index contributed by atoms with van der Waals surface area (Å²) in [7, 11) is 3.27. The topological polar surface area (TPSA) is 70.6 Å². The van der Waals surface area contributed by atoms with E-state index < -0.39 is 0 Å². The van der Waals surface area contributed by atoms with Crippen LogP contribution in [0.3, 0.4) is 0 Å². The monoisotopic (exact) mass is 628 g/mol. The second-order valence-electron chi connectivity index (χ2n) is 8.98. The van der Waals surface area contributed by atoms with E-state index in [1.54, 1.807) is 12.3 Å². The molecule has 2 heterocycles. The van der Waals surface area contributed by atoms with Gasteiger partial charge in [-0.1, -0.05) is 36.8 Å². The Hall–Kier alpha value is -3.40. The number of esters is 2. The van der Waals surface area contributed by atoms with Gasteiger partial charge < -0.3 is 42.8 Å². The van der Waals surface area contributed by atoms with E-state index in [-0.39, 0.29) is 35.9 Å². The smallest absolute Gasteiger partial charge is 0.354 e. The zero-order valence-electron chi connectivity index (χ0n) is 21.8. The number of aromatic nitrogens is 2. The zero-order valence-corrected chi connectivity index (χ0v) is 23.9. The van der Waals surface area contributed by atoms with E-state index in [9.17, 15) is 9.59 Å². The number of hydrogen-bond acceptors (Lipinski definition) is 5. The van der Waals surface area contributed by atoms with Gasteiger partial charge in [0.2, 0.25) is 0 Å². The molecule has 0 unspecified atom stereocenters. The lowest BCUT2D eigenvalue weighted by molar-refractivity contribution is -0.671. The van der Waals surface area contributed by atoms with Crippen LogP contribution in [0.2, 0.25) is 0 Å². The highest BCUT2D eigenvalue weighted by molar-refractivity contribution is 5.96. The van der Waals surface area contributed by atoms with E-state index in [1.807, 2.05) is 83.0 Å². The second kappa shape index (κ2) is 14.5. The lowest BCUT2D eigenvalue weighted by atomic mass is 10.2. The molecular weight excluding hydrogens is 595 g/mol. The first-order chi connectivity index (χ1) is 18.0. The van der Waals surface area contributed by atoms with Crippen LogP contribution in [-0.2, 0) is 29.7 Å². The molecule has 2 aromatic heterocycles. The van der Waals surface area contributed by atoms with Crippen LogP contribution in [0.4, 0.5) is 0 Å². The molecule has 200 valence electrons. The van der Waals surface area contributed by atoms with Gasteiger partial charge >= 0.3 is 11.9 Å². The third-order valence-corrected chi connectivity index (χ3v) is 6.20. The number of rotatable bonds is 12. The van der Waals surface area contributed by atoms with Crippen molar-refractivity contribution < 1.29 is 52.3 Å². The van der Waals surface area contributed by atoms with Gasteiger partial charge in [-0.25, -0.2) is 14.2 Å². The lowest BCUT2D eigenvalue weighted by Gasteiger charge is -2.11. The molecule has 0 spiro atoms. The Balaban J connectivity index is 0.00000400. The molecule has 0 radical (unpaired) electrons. The highest BCUT2D eigenvalue weighted by atomic mass is 127. The number of aryl methyl sites for hydroxylation is 2. The summed E-state index contributed by atoms with van der Waals surface area (Å²) in [5.41, 5.74) is 3.15. The minimum atomic E-state index is -0.357. The molecule has 0 fully saturated rings. The van der Waals surface area contributed by atoms with Crippen LogP contribution in [0.15, 0.2) is 79.1 Å². The second-order valence-corrected chi connectivity index (χ2v) is 8.98. The van der Waals surface area contributed by atoms with Gasteiger partial charge in [0.15, 0.2) is 12.4 Å². The predicted octanol–water partition coefficient (Wildman–Crippen LogP) is 2.25. The van der Waals surface area contributed by atoms with Crippen molar-refractivity contribution in [1.29, 1.82) is 0 Å². The quantitative estimate of drug-likeness (QED) is 0.104. The van der Waals surface area contributed by atoms with Crippen molar-refractivity contribution in [3.63, 3.8) is 0 Å². The lowest BCUT2D eigenvalue weighted by Crippen LogP contribution is -3.00. The number of halogens is 1. The van der Waals surface area contributed by atoms with Crippen molar-refractivity contribution in [3.05, 3.63) is 95.9 Å². The van der Waals surface area contributed by atoms with Crippen LogP contribution < -0.4 is 33.3 Å². The van der Waals surface area contributed by atoms with E-state index in [1.165, 1.54) is 7.11 Å². The van der Waals surface area contributed by atoms with E-state index in [2.05, 4.69) is 0 Å². The van der Waals surface area contributed by atoms with Gasteiger partial charge in [0.05, 0.1) is 13.7 Å². The fourth-order valence-corrected chi connectivity index (χ4v) is 4.28. The number of benzene rings is 2. The van der Waals surface area contributed by atoms with Crippen LogP contribution in [0.5, 0.6) is 5.75 Å². The molecule has 2 aromatic carbocycles. The van der Waals surface area contributed by atoms with Crippen molar-refractivity contribution in [2.45, 2.75) is 38.8 Å². The summed E-state index contributed by atoms with van der Waals surface area (Å²) in [6, 6.07) is 21.3. The molecule has 8 heteroatoms. The number of methoxy groups -OCH3 is 1. The zero-order chi connectivity index (χ0) is 26.0. The van der Waals surface area contributed by atoms with Gasteiger partial charge in [-0.05, 0) is 55.2 Å². The van der Waals surface area contributed by atoms with Gasteiger partial charge in [0.25, 0.3) is 0 Å². The summed E-state index contributed by atoms with van der Waals surface area (Å²) < 4.78 is 20.2. The molecule has 0 N–H and O–H groups in total. The fraction of sp³-hybridized carbons (Fsp3) is 0.300. The van der Waals surface area contributed by atoms with Gasteiger partial charge in [0.1, 0.15) is 30.7 Å². The minimum Gasteiger partial charge on any atom is -1.00 e. The first-order valence-electron chi connectivity index (χ1n) is 12.6. The Kier molecular flexibility index (Phi) is 11.1. The number of fused-ring (bicyclic) bond motifs is 1. The van der Waals surface area contributed by atoms with Crippen LogP contribution in [0, 0.1) is 0 Å². The Labute approximate surface area is 240 Å². The molecule has 0 bridgehead atoms. The summed E-state index contributed by atoms with van der Waals surface area (Å²) >= 11 is 0. The molecule has 0 aliphatic rings. The Morgan fingerprint density at radius 1 is 0.895 bits per heavy atom. The van der Waals surface area contributed by atoms with Gasteiger partial charge in [-0.2, -0.15) is 0 Å². The number of carbonyl (C=O) groups excluding carboxylic acids is 2. The van der Waals surface area contributed by atoms with Gasteiger partial charge in [0, 0.05) is 23.5 Å². The first kappa shape index (κ1) is 29.2. The molecule has 4 rings (SSSR count). The van der Waals surface area contributed by atoms with E-state index in [4.69, 9.17) is 14.2 Å².